The van der Waals surface area contributed by atoms with Crippen molar-refractivity contribution in [2.45, 2.75) is 17.5 Å². The number of benzene rings is 1. The third kappa shape index (κ3) is 4.05. The van der Waals surface area contributed by atoms with Gasteiger partial charge in [0.05, 0.1) is 4.90 Å². The zero-order valence-electron chi connectivity index (χ0n) is 12.3. The van der Waals surface area contributed by atoms with Crippen molar-refractivity contribution in [1.82, 2.24) is 4.72 Å². The van der Waals surface area contributed by atoms with Gasteiger partial charge in [0, 0.05) is 26.2 Å². The van der Waals surface area contributed by atoms with E-state index in [9.17, 15) is 13.5 Å². The van der Waals surface area contributed by atoms with E-state index in [-0.39, 0.29) is 11.4 Å². The molecule has 0 saturated heterocycles. The number of hydrogen-bond donors (Lipinski definition) is 2. The minimum Gasteiger partial charge on any atom is -0.382 e. The number of thiophene rings is 2. The predicted molar refractivity (Wildman–Crippen MR) is 98.2 cm³/mol. The second-order valence-electron chi connectivity index (χ2n) is 5.00. The molecule has 0 radical (unpaired) electrons. The molecule has 0 aliphatic rings. The maximum absolute atomic E-state index is 12.3. The van der Waals surface area contributed by atoms with Gasteiger partial charge in [0.25, 0.3) is 0 Å². The summed E-state index contributed by atoms with van der Waals surface area (Å²) in [4.78, 5) is 2.61. The minimum atomic E-state index is -3.62. The van der Waals surface area contributed by atoms with Crippen LogP contribution >= 0.6 is 34.3 Å². The summed E-state index contributed by atoms with van der Waals surface area (Å²) in [5, 5.41) is 12.6. The van der Waals surface area contributed by atoms with Crippen LogP contribution in [0.3, 0.4) is 0 Å². The SMILES string of the molecule is O=S(=O)(NCc1ccc(C(O)c2cccs2)s1)c1cccc(Cl)c1. The van der Waals surface area contributed by atoms with E-state index in [0.29, 0.717) is 5.02 Å². The molecule has 3 rings (SSSR count). The third-order valence-electron chi connectivity index (χ3n) is 3.31. The number of halogens is 1. The van der Waals surface area contributed by atoms with Crippen molar-refractivity contribution in [3.63, 3.8) is 0 Å². The summed E-state index contributed by atoms with van der Waals surface area (Å²) in [7, 11) is -3.62. The first-order valence-electron chi connectivity index (χ1n) is 7.01. The Balaban J connectivity index is 1.69. The summed E-state index contributed by atoms with van der Waals surface area (Å²) < 4.78 is 27.1. The molecule has 0 aliphatic carbocycles. The van der Waals surface area contributed by atoms with Crippen LogP contribution in [0.4, 0.5) is 0 Å². The minimum absolute atomic E-state index is 0.130. The van der Waals surface area contributed by atoms with E-state index < -0.39 is 16.1 Å². The largest absolute Gasteiger partial charge is 0.382 e. The van der Waals surface area contributed by atoms with Gasteiger partial charge in [0.2, 0.25) is 10.0 Å². The Morgan fingerprint density at radius 1 is 1.12 bits per heavy atom. The maximum atomic E-state index is 12.3. The molecule has 0 aliphatic heterocycles. The van der Waals surface area contributed by atoms with Crippen molar-refractivity contribution in [2.75, 3.05) is 0 Å². The Morgan fingerprint density at radius 2 is 1.96 bits per heavy atom. The highest BCUT2D eigenvalue weighted by molar-refractivity contribution is 7.89. The zero-order valence-corrected chi connectivity index (χ0v) is 15.6. The average Bonchev–Trinajstić information content (AvgIpc) is 3.24. The molecule has 126 valence electrons. The lowest BCUT2D eigenvalue weighted by Crippen LogP contribution is -2.22. The molecule has 3 aromatic rings. The molecular formula is C16H14ClNO3S3. The number of aliphatic hydroxyl groups excluding tert-OH is 1. The lowest BCUT2D eigenvalue weighted by molar-refractivity contribution is 0.228. The molecule has 1 aromatic carbocycles. The molecule has 24 heavy (non-hydrogen) atoms. The van der Waals surface area contributed by atoms with E-state index in [2.05, 4.69) is 4.72 Å². The summed E-state index contributed by atoms with van der Waals surface area (Å²) in [6.07, 6.45) is -0.673. The van der Waals surface area contributed by atoms with Crippen molar-refractivity contribution in [1.29, 1.82) is 0 Å². The van der Waals surface area contributed by atoms with Gasteiger partial charge in [-0.25, -0.2) is 13.1 Å². The molecule has 0 bridgehead atoms. The van der Waals surface area contributed by atoms with Gasteiger partial charge in [-0.3, -0.25) is 0 Å². The number of aliphatic hydroxyl groups is 1. The highest BCUT2D eigenvalue weighted by Crippen LogP contribution is 2.31. The van der Waals surface area contributed by atoms with E-state index in [1.54, 1.807) is 12.1 Å². The Morgan fingerprint density at radius 3 is 2.67 bits per heavy atom. The molecule has 4 nitrogen and oxygen atoms in total. The topological polar surface area (TPSA) is 66.4 Å². The van der Waals surface area contributed by atoms with Gasteiger partial charge >= 0.3 is 0 Å². The number of rotatable bonds is 6. The smallest absolute Gasteiger partial charge is 0.240 e. The van der Waals surface area contributed by atoms with Gasteiger partial charge in [-0.2, -0.15) is 0 Å². The highest BCUT2D eigenvalue weighted by Gasteiger charge is 2.17. The van der Waals surface area contributed by atoms with Crippen molar-refractivity contribution in [2.24, 2.45) is 0 Å². The van der Waals surface area contributed by atoms with Crippen LogP contribution < -0.4 is 4.72 Å². The fourth-order valence-electron chi connectivity index (χ4n) is 2.11. The molecular weight excluding hydrogens is 386 g/mol. The fourth-order valence-corrected chi connectivity index (χ4v) is 5.27. The number of nitrogens with one attached hydrogen (secondary N) is 1. The normalized spacial score (nSPS) is 13.1. The van der Waals surface area contributed by atoms with Crippen molar-refractivity contribution in [3.8, 4) is 0 Å². The molecule has 2 heterocycles. The molecule has 8 heteroatoms. The molecule has 2 aromatic heterocycles. The van der Waals surface area contributed by atoms with Gasteiger partial charge in [0.15, 0.2) is 0 Å². The van der Waals surface area contributed by atoms with Crippen LogP contribution in [0.2, 0.25) is 5.02 Å². The monoisotopic (exact) mass is 399 g/mol. The first-order valence-corrected chi connectivity index (χ1v) is 10.6. The van der Waals surface area contributed by atoms with Crippen LogP contribution in [0.1, 0.15) is 20.7 Å². The second-order valence-corrected chi connectivity index (χ2v) is 9.39. The number of hydrogen-bond acceptors (Lipinski definition) is 5. The second kappa shape index (κ2) is 7.35. The van der Waals surface area contributed by atoms with Gasteiger partial charge in [-0.05, 0) is 41.8 Å². The summed E-state index contributed by atoms with van der Waals surface area (Å²) >= 11 is 8.70. The van der Waals surface area contributed by atoms with Gasteiger partial charge in [-0.15, -0.1) is 22.7 Å². The highest BCUT2D eigenvalue weighted by atomic mass is 35.5. The Labute approximate surface area is 153 Å². The summed E-state index contributed by atoms with van der Waals surface area (Å²) in [5.41, 5.74) is 0. The number of sulfonamides is 1. The standard InChI is InChI=1S/C16H14ClNO3S3/c17-11-3-1-4-13(9-11)24(20,21)18-10-12-6-7-15(23-12)16(19)14-5-2-8-22-14/h1-9,16,18-19H,10H2. The molecule has 0 amide bonds. The zero-order chi connectivity index (χ0) is 17.2. The maximum Gasteiger partial charge on any atom is 0.240 e. The fraction of sp³-hybridized carbons (Fsp3) is 0.125. The average molecular weight is 400 g/mol. The summed E-state index contributed by atoms with van der Waals surface area (Å²) in [6.45, 7) is 0.163. The Bertz CT molecular complexity index is 920. The van der Waals surface area contributed by atoms with Crippen molar-refractivity contribution in [3.05, 3.63) is 73.6 Å². The van der Waals surface area contributed by atoms with Crippen LogP contribution in [-0.4, -0.2) is 13.5 Å². The lowest BCUT2D eigenvalue weighted by atomic mass is 10.2. The van der Waals surface area contributed by atoms with Crippen LogP contribution in [0.25, 0.3) is 0 Å². The Kier molecular flexibility index (Phi) is 5.39. The quantitative estimate of drug-likeness (QED) is 0.657. The third-order valence-corrected chi connectivity index (χ3v) is 7.00. The van der Waals surface area contributed by atoms with Crippen LogP contribution in [0.5, 0.6) is 0 Å². The van der Waals surface area contributed by atoms with Crippen LogP contribution in [0, 0.1) is 0 Å². The van der Waals surface area contributed by atoms with E-state index in [4.69, 9.17) is 11.6 Å². The molecule has 0 fully saturated rings. The molecule has 1 atom stereocenters. The van der Waals surface area contributed by atoms with E-state index in [1.807, 2.05) is 29.6 Å². The van der Waals surface area contributed by atoms with Crippen molar-refractivity contribution >= 4 is 44.3 Å². The van der Waals surface area contributed by atoms with Crippen molar-refractivity contribution < 1.29 is 13.5 Å². The van der Waals surface area contributed by atoms with E-state index in [1.165, 1.54) is 34.8 Å². The molecule has 1 unspecified atom stereocenters. The molecule has 0 spiro atoms. The Hall–Kier alpha value is -1.22. The van der Waals surface area contributed by atoms with Gasteiger partial charge in [0.1, 0.15) is 6.10 Å². The van der Waals surface area contributed by atoms with E-state index in [0.717, 1.165) is 14.6 Å². The first-order chi connectivity index (χ1) is 11.5. The molecule has 2 N–H and O–H groups in total. The predicted octanol–water partition coefficient (Wildman–Crippen LogP) is 4.02. The van der Waals surface area contributed by atoms with E-state index >= 15 is 0 Å². The summed E-state index contributed by atoms with van der Waals surface area (Å²) in [5.74, 6) is 0. The lowest BCUT2D eigenvalue weighted by Gasteiger charge is -2.06. The van der Waals surface area contributed by atoms with Crippen LogP contribution in [-0.2, 0) is 16.6 Å². The summed E-state index contributed by atoms with van der Waals surface area (Å²) in [6, 6.07) is 13.5. The van der Waals surface area contributed by atoms with Crippen LogP contribution in [0.15, 0.2) is 58.8 Å². The first kappa shape index (κ1) is 17.6. The molecule has 0 saturated carbocycles. The van der Waals surface area contributed by atoms with Gasteiger partial charge in [-0.1, -0.05) is 23.7 Å². The van der Waals surface area contributed by atoms with Gasteiger partial charge < -0.3 is 5.11 Å².